The van der Waals surface area contributed by atoms with Crippen molar-refractivity contribution >= 4 is 11.9 Å². The van der Waals surface area contributed by atoms with Crippen LogP contribution in [0.3, 0.4) is 0 Å². The Labute approximate surface area is 146 Å². The number of hydrogen-bond donors (Lipinski definition) is 2. The Balaban J connectivity index is 1.41. The molecule has 3 rings (SSSR count). The number of H-pyrrole nitrogens is 1. The fourth-order valence-corrected chi connectivity index (χ4v) is 2.88. The van der Waals surface area contributed by atoms with Crippen LogP contribution in [0.25, 0.3) is 0 Å². The number of carbonyl (C=O) groups is 2. The van der Waals surface area contributed by atoms with E-state index < -0.39 is 0 Å². The van der Waals surface area contributed by atoms with Gasteiger partial charge < -0.3 is 20.1 Å². The van der Waals surface area contributed by atoms with E-state index in [4.69, 9.17) is 0 Å². The van der Waals surface area contributed by atoms with Gasteiger partial charge in [-0.1, -0.05) is 0 Å². The maximum Gasteiger partial charge on any atom is 0.317 e. The highest BCUT2D eigenvalue weighted by Crippen LogP contribution is 2.08. The van der Waals surface area contributed by atoms with Crippen molar-refractivity contribution in [3.8, 4) is 0 Å². The zero-order valence-electron chi connectivity index (χ0n) is 14.4. The molecule has 1 saturated heterocycles. The van der Waals surface area contributed by atoms with Crippen LogP contribution < -0.4 is 5.32 Å². The summed E-state index contributed by atoms with van der Waals surface area (Å²) in [5.74, 6) is -0.0161. The average molecular weight is 344 g/mol. The summed E-state index contributed by atoms with van der Waals surface area (Å²) in [6, 6.07) is 5.46. The number of nitrogens with zero attached hydrogens (tertiary/aromatic N) is 4. The predicted octanol–water partition coefficient (Wildman–Crippen LogP) is 1.16. The third-order valence-corrected chi connectivity index (χ3v) is 4.40. The predicted molar refractivity (Wildman–Crippen MR) is 93.1 cm³/mol. The Morgan fingerprint density at radius 1 is 1.24 bits per heavy atom. The molecule has 2 aromatic heterocycles. The van der Waals surface area contributed by atoms with Crippen LogP contribution in [0, 0.1) is 0 Å². The van der Waals surface area contributed by atoms with E-state index in [1.807, 2.05) is 29.9 Å². The Morgan fingerprint density at radius 3 is 2.64 bits per heavy atom. The normalized spacial score (nSPS) is 15.9. The van der Waals surface area contributed by atoms with E-state index in [0.29, 0.717) is 31.9 Å². The second kappa shape index (κ2) is 7.87. The second-order valence-electron chi connectivity index (χ2n) is 6.27. The summed E-state index contributed by atoms with van der Waals surface area (Å²) < 4.78 is 1.85. The summed E-state index contributed by atoms with van der Waals surface area (Å²) in [6.07, 6.45) is 6.21. The summed E-state index contributed by atoms with van der Waals surface area (Å²) in [5, 5.41) is 7.18. The number of hydrogen-bond acceptors (Lipinski definition) is 3. The zero-order chi connectivity index (χ0) is 17.6. The van der Waals surface area contributed by atoms with Crippen molar-refractivity contribution in [2.45, 2.75) is 25.9 Å². The lowest BCUT2D eigenvalue weighted by atomic mass is 10.2. The molecule has 8 heteroatoms. The van der Waals surface area contributed by atoms with Crippen LogP contribution in [0.5, 0.6) is 0 Å². The monoisotopic (exact) mass is 344 g/mol. The molecule has 3 amide bonds. The van der Waals surface area contributed by atoms with Gasteiger partial charge in [-0.05, 0) is 31.5 Å². The van der Waals surface area contributed by atoms with Gasteiger partial charge in [-0.25, -0.2) is 4.79 Å². The van der Waals surface area contributed by atoms with Gasteiger partial charge in [-0.3, -0.25) is 9.48 Å². The Kier molecular flexibility index (Phi) is 5.37. The first-order chi connectivity index (χ1) is 12.1. The summed E-state index contributed by atoms with van der Waals surface area (Å²) >= 11 is 0. The van der Waals surface area contributed by atoms with Crippen LogP contribution in [0.15, 0.2) is 36.8 Å². The molecule has 0 aliphatic carbocycles. The van der Waals surface area contributed by atoms with E-state index >= 15 is 0 Å². The van der Waals surface area contributed by atoms with Gasteiger partial charge in [0.25, 0.3) is 5.91 Å². The van der Waals surface area contributed by atoms with Crippen molar-refractivity contribution < 1.29 is 9.59 Å². The molecule has 2 aromatic rings. The highest BCUT2D eigenvalue weighted by molar-refractivity contribution is 5.92. The van der Waals surface area contributed by atoms with E-state index in [1.54, 1.807) is 28.3 Å². The molecule has 1 aliphatic heterocycles. The van der Waals surface area contributed by atoms with Crippen molar-refractivity contribution in [2.75, 3.05) is 26.2 Å². The van der Waals surface area contributed by atoms with Crippen LogP contribution in [0.2, 0.25) is 0 Å². The van der Waals surface area contributed by atoms with Crippen LogP contribution >= 0.6 is 0 Å². The second-order valence-corrected chi connectivity index (χ2v) is 6.27. The van der Waals surface area contributed by atoms with Gasteiger partial charge in [-0.2, -0.15) is 5.10 Å². The van der Waals surface area contributed by atoms with Crippen molar-refractivity contribution in [3.05, 3.63) is 42.5 Å². The lowest BCUT2D eigenvalue weighted by molar-refractivity contribution is 0.0658. The lowest BCUT2D eigenvalue weighted by Gasteiger charge is -2.35. The third kappa shape index (κ3) is 4.40. The minimum Gasteiger partial charge on any atom is -0.357 e. The molecule has 0 spiro atoms. The average Bonchev–Trinajstić information content (AvgIpc) is 3.33. The molecule has 0 unspecified atom stereocenters. The molecule has 2 N–H and O–H groups in total. The van der Waals surface area contributed by atoms with Crippen LogP contribution in [-0.2, 0) is 6.54 Å². The summed E-state index contributed by atoms with van der Waals surface area (Å²) in [4.78, 5) is 31.1. The van der Waals surface area contributed by atoms with E-state index in [2.05, 4.69) is 15.4 Å². The number of nitrogens with one attached hydrogen (secondary N) is 2. The Morgan fingerprint density at radius 2 is 2.00 bits per heavy atom. The number of aromatic amines is 1. The van der Waals surface area contributed by atoms with Gasteiger partial charge in [-0.15, -0.1) is 0 Å². The highest BCUT2D eigenvalue weighted by Gasteiger charge is 2.25. The van der Waals surface area contributed by atoms with Crippen molar-refractivity contribution in [1.29, 1.82) is 0 Å². The molecule has 0 saturated carbocycles. The van der Waals surface area contributed by atoms with Crippen LogP contribution in [0.4, 0.5) is 4.79 Å². The largest absolute Gasteiger partial charge is 0.357 e. The number of rotatable bonds is 5. The molecule has 8 nitrogen and oxygen atoms in total. The molecular formula is C17H24N6O2. The van der Waals surface area contributed by atoms with Gasteiger partial charge in [0.05, 0.1) is 0 Å². The van der Waals surface area contributed by atoms with Crippen molar-refractivity contribution in [3.63, 3.8) is 0 Å². The van der Waals surface area contributed by atoms with Crippen molar-refractivity contribution in [1.82, 2.24) is 29.9 Å². The summed E-state index contributed by atoms with van der Waals surface area (Å²) in [6.45, 7) is 4.95. The molecule has 0 radical (unpaired) electrons. The van der Waals surface area contributed by atoms with Gasteiger partial charge >= 0.3 is 6.03 Å². The minimum absolute atomic E-state index is 0.0161. The fourth-order valence-electron chi connectivity index (χ4n) is 2.88. The number of carbonyl (C=O) groups excluding carboxylic acids is 2. The molecule has 134 valence electrons. The smallest absolute Gasteiger partial charge is 0.317 e. The molecule has 1 atom stereocenters. The molecule has 25 heavy (non-hydrogen) atoms. The SMILES string of the molecule is C[C@@H](CCn1cccn1)NC(=O)N1CCN(C(=O)c2ccc[nH]2)CC1. The van der Waals surface area contributed by atoms with Crippen molar-refractivity contribution in [2.24, 2.45) is 0 Å². The molecule has 1 fully saturated rings. The number of aromatic nitrogens is 3. The fraction of sp³-hybridized carbons (Fsp3) is 0.471. The van der Waals surface area contributed by atoms with E-state index in [9.17, 15) is 9.59 Å². The first-order valence-electron chi connectivity index (χ1n) is 8.59. The van der Waals surface area contributed by atoms with Gasteiger partial charge in [0.1, 0.15) is 5.69 Å². The number of piperazine rings is 1. The molecule has 0 aromatic carbocycles. The quantitative estimate of drug-likeness (QED) is 0.853. The van der Waals surface area contributed by atoms with Crippen LogP contribution in [0.1, 0.15) is 23.8 Å². The van der Waals surface area contributed by atoms with Crippen LogP contribution in [-0.4, -0.2) is 68.7 Å². The molecule has 1 aliphatic rings. The third-order valence-electron chi connectivity index (χ3n) is 4.40. The molecule has 3 heterocycles. The van der Waals surface area contributed by atoms with Gasteiger partial charge in [0, 0.05) is 57.4 Å². The first-order valence-corrected chi connectivity index (χ1v) is 8.59. The first kappa shape index (κ1) is 17.1. The van der Waals surface area contributed by atoms with Gasteiger partial charge in [0.15, 0.2) is 0 Å². The molecular weight excluding hydrogens is 320 g/mol. The number of aryl methyl sites for hydroxylation is 1. The summed E-state index contributed by atoms with van der Waals surface area (Å²) in [5.41, 5.74) is 0.588. The van der Waals surface area contributed by atoms with Gasteiger partial charge in [0.2, 0.25) is 0 Å². The topological polar surface area (TPSA) is 86.3 Å². The highest BCUT2D eigenvalue weighted by atomic mass is 16.2. The molecule has 0 bridgehead atoms. The number of urea groups is 1. The maximum absolute atomic E-state index is 12.4. The maximum atomic E-state index is 12.4. The number of amides is 3. The minimum atomic E-state index is -0.0695. The van der Waals surface area contributed by atoms with E-state index in [1.165, 1.54) is 0 Å². The van der Waals surface area contributed by atoms with E-state index in [0.717, 1.165) is 13.0 Å². The summed E-state index contributed by atoms with van der Waals surface area (Å²) in [7, 11) is 0. The Hall–Kier alpha value is -2.77. The van der Waals surface area contributed by atoms with E-state index in [-0.39, 0.29) is 18.0 Å². The zero-order valence-corrected chi connectivity index (χ0v) is 14.4. The standard InChI is InChI=1S/C17H24N6O2/c1-14(5-9-23-8-3-7-19-23)20-17(25)22-12-10-21(11-13-22)16(24)15-4-2-6-18-15/h2-4,6-8,14,18H,5,9-13H2,1H3,(H,20,25)/t14-/m0/s1. The lowest BCUT2D eigenvalue weighted by Crippen LogP contribution is -2.54. The Bertz CT molecular complexity index is 674.